The molecule has 0 atom stereocenters. The van der Waals surface area contributed by atoms with E-state index in [9.17, 15) is 4.79 Å². The third kappa shape index (κ3) is 5.11. The highest BCUT2D eigenvalue weighted by atomic mass is 35.5. The molecule has 6 heteroatoms. The Bertz CT molecular complexity index is 1390. The minimum atomic E-state index is -0.364. The van der Waals surface area contributed by atoms with Gasteiger partial charge in [-0.2, -0.15) is 0 Å². The van der Waals surface area contributed by atoms with Gasteiger partial charge < -0.3 is 14.5 Å². The smallest absolute Gasteiger partial charge is 0.355 e. The monoisotopic (exact) mass is 523 g/mol. The van der Waals surface area contributed by atoms with Crippen molar-refractivity contribution in [3.05, 3.63) is 86.0 Å². The number of carbonyl (C=O) groups is 1. The molecular weight excluding hydrogens is 493 g/mol. The van der Waals surface area contributed by atoms with E-state index in [2.05, 4.69) is 31.0 Å². The average molecular weight is 524 g/mol. The number of aromatic amines is 1. The molecule has 0 unspecified atom stereocenters. The van der Waals surface area contributed by atoms with Gasteiger partial charge in [0.05, 0.1) is 23.8 Å². The van der Waals surface area contributed by atoms with Crippen molar-refractivity contribution in [1.29, 1.82) is 0 Å². The second-order valence-corrected chi connectivity index (χ2v) is 9.92. The number of carbonyl (C=O) groups excluding carboxylic acids is 1. The van der Waals surface area contributed by atoms with Crippen LogP contribution in [0.4, 0.5) is 0 Å². The molecule has 188 valence electrons. The van der Waals surface area contributed by atoms with Crippen LogP contribution in [0.1, 0.15) is 51.7 Å². The summed E-state index contributed by atoms with van der Waals surface area (Å²) in [7, 11) is 0. The van der Waals surface area contributed by atoms with Crippen molar-refractivity contribution in [2.75, 3.05) is 13.2 Å². The molecular formula is C30H31Cl2NO3. The van der Waals surface area contributed by atoms with Gasteiger partial charge >= 0.3 is 5.97 Å². The number of fused-ring (bicyclic) bond motifs is 1. The number of ether oxygens (including phenoxy) is 2. The highest BCUT2D eigenvalue weighted by Gasteiger charge is 2.23. The van der Waals surface area contributed by atoms with Crippen molar-refractivity contribution >= 4 is 40.1 Å². The van der Waals surface area contributed by atoms with Gasteiger partial charge in [-0.25, -0.2) is 4.79 Å². The van der Waals surface area contributed by atoms with Crippen LogP contribution in [0.5, 0.6) is 5.75 Å². The maximum atomic E-state index is 12.9. The molecule has 0 bridgehead atoms. The van der Waals surface area contributed by atoms with Gasteiger partial charge in [0, 0.05) is 16.0 Å². The Kier molecular flexibility index (Phi) is 7.97. The highest BCUT2D eigenvalue weighted by Crippen LogP contribution is 2.40. The molecule has 0 aliphatic rings. The van der Waals surface area contributed by atoms with E-state index >= 15 is 0 Å². The molecule has 0 fully saturated rings. The molecule has 0 amide bonds. The predicted octanol–water partition coefficient (Wildman–Crippen LogP) is 8.56. The van der Waals surface area contributed by atoms with Gasteiger partial charge in [-0.05, 0) is 99.0 Å². The summed E-state index contributed by atoms with van der Waals surface area (Å²) in [5.41, 5.74) is 8.45. The normalized spacial score (nSPS) is 11.2. The summed E-state index contributed by atoms with van der Waals surface area (Å²) in [6.07, 6.45) is 1.37. The first-order chi connectivity index (χ1) is 17.2. The number of aromatic nitrogens is 1. The number of benzene rings is 3. The summed E-state index contributed by atoms with van der Waals surface area (Å²) < 4.78 is 11.4. The van der Waals surface area contributed by atoms with E-state index in [1.54, 1.807) is 0 Å². The molecule has 4 nitrogen and oxygen atoms in total. The van der Waals surface area contributed by atoms with E-state index in [-0.39, 0.29) is 5.97 Å². The first-order valence-corrected chi connectivity index (χ1v) is 12.9. The van der Waals surface area contributed by atoms with Crippen molar-refractivity contribution in [2.45, 2.75) is 47.5 Å². The van der Waals surface area contributed by atoms with Gasteiger partial charge in [0.15, 0.2) is 0 Å². The molecule has 0 saturated carbocycles. The second-order valence-electron chi connectivity index (χ2n) is 9.13. The molecule has 1 heterocycles. The quantitative estimate of drug-likeness (QED) is 0.186. The fraction of sp³-hybridized carbons (Fsp3) is 0.300. The van der Waals surface area contributed by atoms with E-state index in [0.717, 1.165) is 67.0 Å². The van der Waals surface area contributed by atoms with Gasteiger partial charge in [0.1, 0.15) is 11.4 Å². The summed E-state index contributed by atoms with van der Waals surface area (Å²) in [4.78, 5) is 16.3. The number of hydrogen-bond acceptors (Lipinski definition) is 3. The van der Waals surface area contributed by atoms with Gasteiger partial charge in [0.2, 0.25) is 0 Å². The lowest BCUT2D eigenvalue weighted by Gasteiger charge is -2.13. The van der Waals surface area contributed by atoms with Crippen LogP contribution in [-0.4, -0.2) is 24.2 Å². The maximum absolute atomic E-state index is 12.9. The zero-order valence-corrected chi connectivity index (χ0v) is 22.9. The SMILES string of the molecule is CCOC(=O)c1[nH]c2c(-c3c(C)cccc3C)c(Cl)ccc2c1CCCOc1cc(C)c(Cl)c(C)c1. The molecule has 0 aliphatic carbocycles. The Morgan fingerprint density at radius 3 is 2.22 bits per heavy atom. The molecule has 1 aromatic heterocycles. The minimum absolute atomic E-state index is 0.302. The van der Waals surface area contributed by atoms with Crippen LogP contribution in [0, 0.1) is 27.7 Å². The molecule has 4 aromatic rings. The van der Waals surface area contributed by atoms with Crippen LogP contribution in [0.15, 0.2) is 42.5 Å². The van der Waals surface area contributed by atoms with E-state index in [1.165, 1.54) is 0 Å². The molecule has 0 aliphatic heterocycles. The van der Waals surface area contributed by atoms with Crippen LogP contribution in [-0.2, 0) is 11.2 Å². The van der Waals surface area contributed by atoms with E-state index < -0.39 is 0 Å². The summed E-state index contributed by atoms with van der Waals surface area (Å²) in [5.74, 6) is 0.431. The zero-order valence-electron chi connectivity index (χ0n) is 21.4. The summed E-state index contributed by atoms with van der Waals surface area (Å²) in [6, 6.07) is 14.0. The molecule has 0 spiro atoms. The van der Waals surface area contributed by atoms with E-state index in [4.69, 9.17) is 32.7 Å². The number of rotatable bonds is 8. The Morgan fingerprint density at radius 2 is 1.58 bits per heavy atom. The van der Waals surface area contributed by atoms with Crippen LogP contribution in [0.2, 0.25) is 10.0 Å². The standard InChI is InChI=1S/C30H31Cl2NO3/c1-6-35-30(34)29-22(11-8-14-36-21-15-19(4)27(32)20(5)16-21)23-12-13-24(31)26(28(23)33-29)25-17(2)9-7-10-18(25)3/h7,9-10,12-13,15-16,33H,6,8,11,14H2,1-5H3. The molecule has 0 saturated heterocycles. The zero-order chi connectivity index (χ0) is 26.0. The average Bonchev–Trinajstić information content (AvgIpc) is 3.20. The van der Waals surface area contributed by atoms with E-state index in [1.807, 2.05) is 51.1 Å². The molecule has 3 aromatic carbocycles. The first-order valence-electron chi connectivity index (χ1n) is 12.2. The maximum Gasteiger partial charge on any atom is 0.355 e. The molecule has 4 rings (SSSR count). The molecule has 1 N–H and O–H groups in total. The number of H-pyrrole nitrogens is 1. The van der Waals surface area contributed by atoms with E-state index in [0.29, 0.717) is 30.4 Å². The van der Waals surface area contributed by atoms with Crippen molar-refractivity contribution in [3.8, 4) is 16.9 Å². The van der Waals surface area contributed by atoms with Crippen molar-refractivity contribution in [3.63, 3.8) is 0 Å². The van der Waals surface area contributed by atoms with Gasteiger partial charge in [-0.1, -0.05) is 47.5 Å². The second kappa shape index (κ2) is 11.0. The third-order valence-corrected chi connectivity index (χ3v) is 7.40. The predicted molar refractivity (Wildman–Crippen MR) is 149 cm³/mol. The molecule has 36 heavy (non-hydrogen) atoms. The minimum Gasteiger partial charge on any atom is -0.494 e. The fourth-order valence-electron chi connectivity index (χ4n) is 4.81. The fourth-order valence-corrected chi connectivity index (χ4v) is 5.17. The first kappa shape index (κ1) is 26.1. The Hall–Kier alpha value is -2.95. The Balaban J connectivity index is 1.70. The summed E-state index contributed by atoms with van der Waals surface area (Å²) in [6.45, 7) is 10.7. The Morgan fingerprint density at radius 1 is 0.917 bits per heavy atom. The lowest BCUT2D eigenvalue weighted by molar-refractivity contribution is 0.0519. The summed E-state index contributed by atoms with van der Waals surface area (Å²) in [5, 5.41) is 2.37. The third-order valence-electron chi connectivity index (χ3n) is 6.49. The van der Waals surface area contributed by atoms with Gasteiger partial charge in [-0.15, -0.1) is 0 Å². The molecule has 0 radical (unpaired) electrons. The van der Waals surface area contributed by atoms with Crippen molar-refractivity contribution in [1.82, 2.24) is 4.98 Å². The Labute approximate surface area is 222 Å². The lowest BCUT2D eigenvalue weighted by atomic mass is 9.93. The van der Waals surface area contributed by atoms with Crippen LogP contribution in [0.3, 0.4) is 0 Å². The van der Waals surface area contributed by atoms with Crippen LogP contribution in [0.25, 0.3) is 22.0 Å². The number of halogens is 2. The number of esters is 1. The summed E-state index contributed by atoms with van der Waals surface area (Å²) >= 11 is 13.0. The number of nitrogens with one attached hydrogen (secondary N) is 1. The van der Waals surface area contributed by atoms with Crippen molar-refractivity contribution in [2.24, 2.45) is 0 Å². The van der Waals surface area contributed by atoms with Crippen LogP contribution >= 0.6 is 23.2 Å². The highest BCUT2D eigenvalue weighted by molar-refractivity contribution is 6.35. The van der Waals surface area contributed by atoms with Crippen LogP contribution < -0.4 is 4.74 Å². The lowest BCUT2D eigenvalue weighted by Crippen LogP contribution is -2.09. The van der Waals surface area contributed by atoms with Gasteiger partial charge in [0.25, 0.3) is 0 Å². The largest absolute Gasteiger partial charge is 0.494 e. The van der Waals surface area contributed by atoms with Crippen molar-refractivity contribution < 1.29 is 14.3 Å². The topological polar surface area (TPSA) is 51.3 Å². The number of aryl methyl sites for hydroxylation is 5. The number of hydrogen-bond donors (Lipinski definition) is 1. The van der Waals surface area contributed by atoms with Gasteiger partial charge in [-0.3, -0.25) is 0 Å².